The second-order valence-electron chi connectivity index (χ2n) is 3.55. The van der Waals surface area contributed by atoms with Gasteiger partial charge >= 0.3 is 0 Å². The summed E-state index contributed by atoms with van der Waals surface area (Å²) in [7, 11) is 0. The fourth-order valence-electron chi connectivity index (χ4n) is 1.36. The number of rotatable bonds is 5. The molecule has 90 valence electrons. The van der Waals surface area contributed by atoms with Crippen LogP contribution >= 0.6 is 11.8 Å². The predicted molar refractivity (Wildman–Crippen MR) is 66.9 cm³/mol. The molecular formula is C11H15N5S. The number of hydrogen-bond donors (Lipinski definition) is 2. The van der Waals surface area contributed by atoms with Crippen molar-refractivity contribution in [2.75, 3.05) is 6.54 Å². The number of hydrogen-bond acceptors (Lipinski definition) is 5. The number of pyridine rings is 1. The zero-order valence-corrected chi connectivity index (χ0v) is 10.7. The summed E-state index contributed by atoms with van der Waals surface area (Å²) >= 11 is 1.48. The van der Waals surface area contributed by atoms with Crippen molar-refractivity contribution in [2.45, 2.75) is 30.6 Å². The van der Waals surface area contributed by atoms with Crippen molar-refractivity contribution in [2.24, 2.45) is 0 Å². The minimum atomic E-state index is 0.707. The maximum atomic E-state index is 4.37. The van der Waals surface area contributed by atoms with E-state index in [0.717, 1.165) is 23.9 Å². The highest BCUT2D eigenvalue weighted by atomic mass is 32.2. The van der Waals surface area contributed by atoms with Gasteiger partial charge in [0.25, 0.3) is 0 Å². The van der Waals surface area contributed by atoms with Gasteiger partial charge in [0.15, 0.2) is 0 Å². The molecule has 0 saturated heterocycles. The largest absolute Gasteiger partial charge is 0.313 e. The Hall–Kier alpha value is -1.40. The third-order valence-corrected chi connectivity index (χ3v) is 3.11. The predicted octanol–water partition coefficient (Wildman–Crippen LogP) is 1.77. The van der Waals surface area contributed by atoms with Crippen molar-refractivity contribution in [3.63, 3.8) is 0 Å². The first-order chi connectivity index (χ1) is 8.29. The van der Waals surface area contributed by atoms with Crippen LogP contribution in [0.5, 0.6) is 0 Å². The molecule has 0 saturated carbocycles. The van der Waals surface area contributed by atoms with Crippen LogP contribution in [0.4, 0.5) is 0 Å². The first-order valence-corrected chi connectivity index (χ1v) is 6.32. The van der Waals surface area contributed by atoms with Crippen LogP contribution < -0.4 is 5.32 Å². The highest BCUT2D eigenvalue weighted by Crippen LogP contribution is 2.25. The zero-order valence-electron chi connectivity index (χ0n) is 9.90. The van der Waals surface area contributed by atoms with Gasteiger partial charge in [0, 0.05) is 12.7 Å². The van der Waals surface area contributed by atoms with E-state index in [1.54, 1.807) is 6.20 Å². The van der Waals surface area contributed by atoms with Gasteiger partial charge in [-0.1, -0.05) is 13.0 Å². The van der Waals surface area contributed by atoms with Crippen LogP contribution in [0.25, 0.3) is 0 Å². The van der Waals surface area contributed by atoms with Gasteiger partial charge in [-0.2, -0.15) is 0 Å². The van der Waals surface area contributed by atoms with E-state index in [1.807, 2.05) is 13.0 Å². The van der Waals surface area contributed by atoms with E-state index in [4.69, 9.17) is 0 Å². The van der Waals surface area contributed by atoms with Crippen LogP contribution in [-0.2, 0) is 6.54 Å². The van der Waals surface area contributed by atoms with Gasteiger partial charge in [-0.05, 0) is 36.9 Å². The fourth-order valence-corrected chi connectivity index (χ4v) is 2.20. The van der Waals surface area contributed by atoms with Crippen LogP contribution in [0.15, 0.2) is 28.5 Å². The van der Waals surface area contributed by atoms with Crippen molar-refractivity contribution in [3.8, 4) is 0 Å². The highest BCUT2D eigenvalue weighted by molar-refractivity contribution is 7.99. The molecule has 2 aromatic heterocycles. The second-order valence-corrected chi connectivity index (χ2v) is 4.51. The molecular weight excluding hydrogens is 234 g/mol. The van der Waals surface area contributed by atoms with E-state index in [1.165, 1.54) is 17.3 Å². The molecule has 0 aliphatic carbocycles. The van der Waals surface area contributed by atoms with Crippen molar-refractivity contribution < 1.29 is 0 Å². The van der Waals surface area contributed by atoms with Crippen molar-refractivity contribution in [1.29, 1.82) is 0 Å². The van der Waals surface area contributed by atoms with E-state index in [2.05, 4.69) is 38.5 Å². The Bertz CT molecular complexity index is 482. The average Bonchev–Trinajstić information content (AvgIpc) is 2.74. The lowest BCUT2D eigenvalue weighted by atomic mass is 10.3. The summed E-state index contributed by atoms with van der Waals surface area (Å²) in [5, 5.41) is 11.9. The van der Waals surface area contributed by atoms with Crippen LogP contribution in [0.1, 0.15) is 18.3 Å². The maximum Gasteiger partial charge on any atom is 0.214 e. The lowest BCUT2D eigenvalue weighted by molar-refractivity contribution is 0.711. The Morgan fingerprint density at radius 1 is 1.47 bits per heavy atom. The first kappa shape index (κ1) is 12.1. The van der Waals surface area contributed by atoms with Crippen molar-refractivity contribution >= 4 is 11.8 Å². The summed E-state index contributed by atoms with van der Waals surface area (Å²) in [5.41, 5.74) is 1.17. The molecule has 0 bridgehead atoms. The normalized spacial score (nSPS) is 10.7. The van der Waals surface area contributed by atoms with Gasteiger partial charge < -0.3 is 5.32 Å². The molecule has 0 amide bonds. The fraction of sp³-hybridized carbons (Fsp3) is 0.364. The molecule has 5 nitrogen and oxygen atoms in total. The van der Waals surface area contributed by atoms with Crippen LogP contribution in [-0.4, -0.2) is 26.7 Å². The summed E-state index contributed by atoms with van der Waals surface area (Å²) in [4.78, 5) is 8.63. The smallest absolute Gasteiger partial charge is 0.214 e. The summed E-state index contributed by atoms with van der Waals surface area (Å²) in [5.74, 6) is 0.816. The summed E-state index contributed by atoms with van der Waals surface area (Å²) in [6.45, 7) is 5.73. The van der Waals surface area contributed by atoms with Crippen LogP contribution in [0.2, 0.25) is 0 Å². The molecule has 0 fully saturated rings. The summed E-state index contributed by atoms with van der Waals surface area (Å²) in [6, 6.07) is 4.01. The van der Waals surface area contributed by atoms with Gasteiger partial charge in [-0.25, -0.2) is 9.97 Å². The standard InChI is InChI=1S/C11H15N5S/c1-3-12-7-9-5-4-6-13-10(9)17-11-14-8(2)15-16-11/h4-6,12H,3,7H2,1-2H3,(H,14,15,16). The first-order valence-electron chi connectivity index (χ1n) is 5.51. The molecule has 0 atom stereocenters. The maximum absolute atomic E-state index is 4.37. The number of aromatic amines is 1. The van der Waals surface area contributed by atoms with Gasteiger partial charge in [-0.3, -0.25) is 5.10 Å². The van der Waals surface area contributed by atoms with E-state index >= 15 is 0 Å². The van der Waals surface area contributed by atoms with Crippen LogP contribution in [0.3, 0.4) is 0 Å². The van der Waals surface area contributed by atoms with Crippen molar-refractivity contribution in [1.82, 2.24) is 25.5 Å². The Morgan fingerprint density at radius 2 is 2.35 bits per heavy atom. The molecule has 0 aromatic carbocycles. The molecule has 2 rings (SSSR count). The number of nitrogens with zero attached hydrogens (tertiary/aromatic N) is 3. The molecule has 0 radical (unpaired) electrons. The molecule has 0 aliphatic heterocycles. The van der Waals surface area contributed by atoms with Gasteiger partial charge in [0.05, 0.1) is 0 Å². The molecule has 0 unspecified atom stereocenters. The quantitative estimate of drug-likeness (QED) is 0.845. The third kappa shape index (κ3) is 3.28. The minimum absolute atomic E-state index is 0.707. The van der Waals surface area contributed by atoms with Crippen LogP contribution in [0, 0.1) is 6.92 Å². The van der Waals surface area contributed by atoms with Gasteiger partial charge in [0.2, 0.25) is 5.16 Å². The SMILES string of the molecule is CCNCc1cccnc1Sc1n[nH]c(C)n1. The zero-order chi connectivity index (χ0) is 12.1. The monoisotopic (exact) mass is 249 g/mol. The molecule has 17 heavy (non-hydrogen) atoms. The van der Waals surface area contributed by atoms with Crippen molar-refractivity contribution in [3.05, 3.63) is 29.7 Å². The van der Waals surface area contributed by atoms with E-state index in [9.17, 15) is 0 Å². The molecule has 2 N–H and O–H groups in total. The molecule has 6 heteroatoms. The minimum Gasteiger partial charge on any atom is -0.313 e. The lowest BCUT2D eigenvalue weighted by Crippen LogP contribution is -2.12. The summed E-state index contributed by atoms with van der Waals surface area (Å²) in [6.07, 6.45) is 1.79. The van der Waals surface area contributed by atoms with Gasteiger partial charge in [-0.15, -0.1) is 5.10 Å². The average molecular weight is 249 g/mol. The number of aromatic nitrogens is 4. The van der Waals surface area contributed by atoms with E-state index in [0.29, 0.717) is 5.16 Å². The summed E-state index contributed by atoms with van der Waals surface area (Å²) < 4.78 is 0. The van der Waals surface area contributed by atoms with E-state index < -0.39 is 0 Å². The molecule has 2 heterocycles. The highest BCUT2D eigenvalue weighted by Gasteiger charge is 2.08. The second kappa shape index (κ2) is 5.79. The Morgan fingerprint density at radius 3 is 3.06 bits per heavy atom. The number of nitrogens with one attached hydrogen (secondary N) is 2. The Kier molecular flexibility index (Phi) is 4.11. The topological polar surface area (TPSA) is 66.5 Å². The lowest BCUT2D eigenvalue weighted by Gasteiger charge is -2.06. The Balaban J connectivity index is 2.14. The number of aryl methyl sites for hydroxylation is 1. The van der Waals surface area contributed by atoms with E-state index in [-0.39, 0.29) is 0 Å². The molecule has 2 aromatic rings. The van der Waals surface area contributed by atoms with Gasteiger partial charge in [0.1, 0.15) is 10.9 Å². The molecule has 0 aliphatic rings. The Labute approximate surface area is 104 Å². The number of H-pyrrole nitrogens is 1. The molecule has 0 spiro atoms. The third-order valence-electron chi connectivity index (χ3n) is 2.18.